The molecule has 6 nitrogen and oxygen atoms in total. The van der Waals surface area contributed by atoms with Gasteiger partial charge in [0.1, 0.15) is 24.0 Å². The van der Waals surface area contributed by atoms with E-state index in [1.54, 1.807) is 12.3 Å². The van der Waals surface area contributed by atoms with Gasteiger partial charge in [-0.1, -0.05) is 0 Å². The van der Waals surface area contributed by atoms with Gasteiger partial charge < -0.3 is 10.1 Å². The van der Waals surface area contributed by atoms with Gasteiger partial charge in [0, 0.05) is 25.7 Å². The fraction of sp³-hybridized carbons (Fsp3) is 0.562. The predicted octanol–water partition coefficient (Wildman–Crippen LogP) is 1.39. The highest BCUT2D eigenvalue weighted by atomic mass is 16.6. The van der Waals surface area contributed by atoms with Crippen molar-refractivity contribution in [1.29, 1.82) is 5.26 Å². The molecule has 116 valence electrons. The molecule has 0 aromatic carbocycles. The van der Waals surface area contributed by atoms with E-state index in [9.17, 15) is 4.79 Å². The first kappa shape index (κ1) is 14.8. The summed E-state index contributed by atoms with van der Waals surface area (Å²) in [5.74, 6) is 1.21. The molecule has 3 rings (SSSR count). The molecule has 0 bridgehead atoms. The Morgan fingerprint density at radius 2 is 2.41 bits per heavy atom. The summed E-state index contributed by atoms with van der Waals surface area (Å²) >= 11 is 0. The van der Waals surface area contributed by atoms with Crippen molar-refractivity contribution in [3.05, 3.63) is 23.9 Å². The number of pyridine rings is 1. The molecule has 1 aromatic heterocycles. The largest absolute Gasteiger partial charge is 0.461 e. The number of likely N-dealkylation sites (tertiary alicyclic amines) is 1. The van der Waals surface area contributed by atoms with Gasteiger partial charge in [-0.25, -0.2) is 4.98 Å². The zero-order chi connectivity index (χ0) is 15.5. The Morgan fingerprint density at radius 1 is 1.55 bits per heavy atom. The summed E-state index contributed by atoms with van der Waals surface area (Å²) in [6.45, 7) is 4.63. The van der Waals surface area contributed by atoms with Crippen LogP contribution in [0.1, 0.15) is 25.3 Å². The van der Waals surface area contributed by atoms with Gasteiger partial charge in [-0.3, -0.25) is 9.69 Å². The second kappa shape index (κ2) is 6.32. The molecule has 2 aliphatic heterocycles. The van der Waals surface area contributed by atoms with Crippen LogP contribution in [-0.2, 0) is 9.53 Å². The molecule has 0 unspecified atom stereocenters. The van der Waals surface area contributed by atoms with Crippen LogP contribution in [0.2, 0.25) is 0 Å². The summed E-state index contributed by atoms with van der Waals surface area (Å²) in [6.07, 6.45) is 3.48. The van der Waals surface area contributed by atoms with E-state index in [0.717, 1.165) is 38.3 Å². The monoisotopic (exact) mass is 300 g/mol. The van der Waals surface area contributed by atoms with Crippen LogP contribution in [0.3, 0.4) is 0 Å². The van der Waals surface area contributed by atoms with Gasteiger partial charge in [-0.05, 0) is 37.9 Å². The van der Waals surface area contributed by atoms with E-state index in [-0.39, 0.29) is 18.1 Å². The highest BCUT2D eigenvalue weighted by Crippen LogP contribution is 2.26. The fourth-order valence-electron chi connectivity index (χ4n) is 3.16. The number of rotatable bonds is 4. The average molecular weight is 300 g/mol. The number of ether oxygens (including phenoxy) is 1. The molecule has 2 saturated heterocycles. The lowest BCUT2D eigenvalue weighted by Crippen LogP contribution is -2.37. The van der Waals surface area contributed by atoms with Crippen molar-refractivity contribution < 1.29 is 9.53 Å². The third-order valence-electron chi connectivity index (χ3n) is 4.37. The first-order valence-corrected chi connectivity index (χ1v) is 7.70. The molecule has 3 atom stereocenters. The van der Waals surface area contributed by atoms with Crippen LogP contribution in [0.15, 0.2) is 18.3 Å². The number of aromatic nitrogens is 1. The number of nitrogens with one attached hydrogen (secondary N) is 1. The summed E-state index contributed by atoms with van der Waals surface area (Å²) in [5.41, 5.74) is 0.562. The number of carbonyl (C=O) groups is 1. The maximum atomic E-state index is 11.8. The maximum Gasteiger partial charge on any atom is 0.323 e. The van der Waals surface area contributed by atoms with Crippen LogP contribution < -0.4 is 5.32 Å². The number of anilines is 1. The molecule has 1 N–H and O–H groups in total. The van der Waals surface area contributed by atoms with Crippen molar-refractivity contribution in [2.45, 2.75) is 31.9 Å². The number of cyclic esters (lactones) is 1. The Balaban J connectivity index is 1.49. The van der Waals surface area contributed by atoms with Gasteiger partial charge in [-0.2, -0.15) is 5.26 Å². The number of carbonyl (C=O) groups excluding carboxylic acids is 1. The summed E-state index contributed by atoms with van der Waals surface area (Å²) in [4.78, 5) is 18.3. The fourth-order valence-corrected chi connectivity index (χ4v) is 3.16. The molecular formula is C16H20N4O2. The Bertz CT molecular complexity index is 581. The molecule has 0 amide bonds. The first-order valence-electron chi connectivity index (χ1n) is 7.70. The normalized spacial score (nSPS) is 28.4. The Morgan fingerprint density at radius 3 is 3.05 bits per heavy atom. The number of hydrogen-bond acceptors (Lipinski definition) is 6. The van der Waals surface area contributed by atoms with Crippen LogP contribution in [0.25, 0.3) is 0 Å². The van der Waals surface area contributed by atoms with Crippen molar-refractivity contribution in [2.75, 3.05) is 25.0 Å². The lowest BCUT2D eigenvalue weighted by atomic mass is 10.1. The van der Waals surface area contributed by atoms with Crippen molar-refractivity contribution in [1.82, 2.24) is 9.88 Å². The van der Waals surface area contributed by atoms with Crippen molar-refractivity contribution in [2.24, 2.45) is 5.92 Å². The Labute approximate surface area is 130 Å². The van der Waals surface area contributed by atoms with Gasteiger partial charge in [0.25, 0.3) is 0 Å². The number of nitriles is 1. The molecular weight excluding hydrogens is 280 g/mol. The second-order valence-corrected chi connectivity index (χ2v) is 6.07. The molecule has 1 aromatic rings. The highest BCUT2D eigenvalue weighted by molar-refractivity contribution is 5.78. The second-order valence-electron chi connectivity index (χ2n) is 6.07. The maximum absolute atomic E-state index is 11.8. The van der Waals surface area contributed by atoms with Crippen LogP contribution in [0.5, 0.6) is 0 Å². The zero-order valence-electron chi connectivity index (χ0n) is 12.7. The summed E-state index contributed by atoms with van der Waals surface area (Å²) in [5, 5.41) is 12.1. The third kappa shape index (κ3) is 3.20. The van der Waals surface area contributed by atoms with Crippen LogP contribution >= 0.6 is 0 Å². The predicted molar refractivity (Wildman–Crippen MR) is 81.1 cm³/mol. The van der Waals surface area contributed by atoms with Crippen LogP contribution in [0, 0.1) is 17.2 Å². The molecule has 0 aliphatic carbocycles. The average Bonchev–Trinajstić information content (AvgIpc) is 3.12. The van der Waals surface area contributed by atoms with Crippen LogP contribution in [-0.4, -0.2) is 47.6 Å². The van der Waals surface area contributed by atoms with E-state index in [0.29, 0.717) is 11.5 Å². The summed E-state index contributed by atoms with van der Waals surface area (Å²) < 4.78 is 5.24. The van der Waals surface area contributed by atoms with Gasteiger partial charge in [0.15, 0.2) is 0 Å². The van der Waals surface area contributed by atoms with Crippen molar-refractivity contribution in [3.8, 4) is 6.07 Å². The third-order valence-corrected chi connectivity index (χ3v) is 4.37. The Hall–Kier alpha value is -2.13. The molecule has 3 heterocycles. The topological polar surface area (TPSA) is 78.3 Å². The molecule has 22 heavy (non-hydrogen) atoms. The van der Waals surface area contributed by atoms with Gasteiger partial charge in [0.2, 0.25) is 0 Å². The number of nitrogens with zero attached hydrogens (tertiary/aromatic N) is 3. The zero-order valence-corrected chi connectivity index (χ0v) is 12.7. The first-order chi connectivity index (χ1) is 10.7. The molecule has 0 spiro atoms. The van der Waals surface area contributed by atoms with E-state index in [2.05, 4.69) is 21.3 Å². The minimum absolute atomic E-state index is 0.0394. The van der Waals surface area contributed by atoms with Gasteiger partial charge in [0.05, 0.1) is 5.56 Å². The smallest absolute Gasteiger partial charge is 0.323 e. The SMILES string of the molecule is C[C@@H]1C[C@@H](N2CC[C@H](CNc3ccc(C#N)cn3)C2)C(=O)O1. The molecule has 0 radical (unpaired) electrons. The standard InChI is InChI=1S/C16H20N4O2/c1-11-6-14(16(21)22-11)20-5-4-13(10-20)9-19-15-3-2-12(7-17)8-18-15/h2-3,8,11,13-14H,4-6,9-10H2,1H3,(H,18,19)/t11-,13-,14-/m1/s1. The van der Waals surface area contributed by atoms with E-state index >= 15 is 0 Å². The lowest BCUT2D eigenvalue weighted by Gasteiger charge is -2.20. The summed E-state index contributed by atoms with van der Waals surface area (Å²) in [6, 6.07) is 5.57. The van der Waals surface area contributed by atoms with Gasteiger partial charge >= 0.3 is 5.97 Å². The van der Waals surface area contributed by atoms with E-state index in [4.69, 9.17) is 10.00 Å². The molecule has 0 saturated carbocycles. The minimum atomic E-state index is -0.0742. The van der Waals surface area contributed by atoms with Gasteiger partial charge in [-0.15, -0.1) is 0 Å². The highest BCUT2D eigenvalue weighted by Gasteiger charge is 2.39. The van der Waals surface area contributed by atoms with Crippen LogP contribution in [0.4, 0.5) is 5.82 Å². The number of esters is 1. The van der Waals surface area contributed by atoms with Crippen molar-refractivity contribution >= 4 is 11.8 Å². The lowest BCUT2D eigenvalue weighted by molar-refractivity contribution is -0.144. The molecule has 6 heteroatoms. The van der Waals surface area contributed by atoms with E-state index in [1.165, 1.54) is 0 Å². The summed E-state index contributed by atoms with van der Waals surface area (Å²) in [7, 11) is 0. The van der Waals surface area contributed by atoms with E-state index in [1.807, 2.05) is 13.0 Å². The number of hydrogen-bond donors (Lipinski definition) is 1. The van der Waals surface area contributed by atoms with E-state index < -0.39 is 0 Å². The molecule has 2 aliphatic rings. The van der Waals surface area contributed by atoms with Crippen molar-refractivity contribution in [3.63, 3.8) is 0 Å². The quantitative estimate of drug-likeness (QED) is 0.847. The Kier molecular flexibility index (Phi) is 4.25. The minimum Gasteiger partial charge on any atom is -0.461 e. The molecule has 2 fully saturated rings.